The molecule has 1 N–H and O–H groups in total. The standard InChI is InChI=1S/C21H26N4O3S/c1-27-17-11-16(13-25-10-2-9-22-25)12-18-19(17)20(23-28-18)24-29(26)14-21-6-3-15(4-7-21)5-8-21/h2,9-12,15H,3-8,13-14H2,1H3,(H,23,24). The topological polar surface area (TPSA) is 82.2 Å². The number of fused-ring (bicyclic) bond motifs is 4. The maximum Gasteiger partial charge on any atom is 0.192 e. The lowest BCUT2D eigenvalue weighted by molar-refractivity contribution is 0.0870. The molecule has 0 spiro atoms. The number of nitrogens with zero attached hydrogens (tertiary/aromatic N) is 3. The largest absolute Gasteiger partial charge is 0.496 e. The molecule has 29 heavy (non-hydrogen) atoms. The van der Waals surface area contributed by atoms with E-state index >= 15 is 0 Å². The molecule has 7 nitrogen and oxygen atoms in total. The fourth-order valence-corrected chi connectivity index (χ4v) is 6.39. The summed E-state index contributed by atoms with van der Waals surface area (Å²) in [5.74, 6) is 2.72. The van der Waals surface area contributed by atoms with E-state index in [1.807, 2.05) is 29.1 Å². The molecule has 8 heteroatoms. The van der Waals surface area contributed by atoms with Gasteiger partial charge in [0.2, 0.25) is 0 Å². The first-order chi connectivity index (χ1) is 14.1. The van der Waals surface area contributed by atoms with Crippen LogP contribution < -0.4 is 9.46 Å². The van der Waals surface area contributed by atoms with Gasteiger partial charge < -0.3 is 9.26 Å². The van der Waals surface area contributed by atoms with Gasteiger partial charge >= 0.3 is 0 Å². The van der Waals surface area contributed by atoms with Crippen LogP contribution in [-0.2, 0) is 17.5 Å². The van der Waals surface area contributed by atoms with E-state index in [4.69, 9.17) is 9.26 Å². The van der Waals surface area contributed by atoms with Crippen molar-refractivity contribution >= 4 is 27.8 Å². The summed E-state index contributed by atoms with van der Waals surface area (Å²) in [5.41, 5.74) is 1.84. The van der Waals surface area contributed by atoms with Crippen molar-refractivity contribution in [3.8, 4) is 5.75 Å². The summed E-state index contributed by atoms with van der Waals surface area (Å²) in [5, 5.41) is 9.13. The minimum Gasteiger partial charge on any atom is -0.496 e. The molecule has 0 aliphatic heterocycles. The Kier molecular flexibility index (Phi) is 4.81. The van der Waals surface area contributed by atoms with Crippen molar-refractivity contribution in [2.45, 2.75) is 45.1 Å². The highest BCUT2D eigenvalue weighted by Gasteiger charge is 2.41. The second-order valence-electron chi connectivity index (χ2n) is 8.48. The molecule has 154 valence electrons. The van der Waals surface area contributed by atoms with Crippen LogP contribution in [0, 0.1) is 11.3 Å². The van der Waals surface area contributed by atoms with Crippen LogP contribution in [-0.4, -0.2) is 32.0 Å². The number of aromatic nitrogens is 3. The van der Waals surface area contributed by atoms with Crippen LogP contribution in [0.4, 0.5) is 5.82 Å². The molecule has 3 aliphatic carbocycles. The van der Waals surface area contributed by atoms with Crippen LogP contribution >= 0.6 is 0 Å². The van der Waals surface area contributed by atoms with E-state index in [0.717, 1.165) is 16.9 Å². The SMILES string of the molecule is COc1cc(Cn2cccn2)cc2onc(NS(=O)CC34CCC(CC3)CC4)c12. The van der Waals surface area contributed by atoms with Crippen molar-refractivity contribution in [3.05, 3.63) is 36.2 Å². The quantitative estimate of drug-likeness (QED) is 0.629. The van der Waals surface area contributed by atoms with Crippen LogP contribution in [0.1, 0.15) is 44.1 Å². The predicted octanol–water partition coefficient (Wildman–Crippen LogP) is 4.13. The molecule has 0 saturated heterocycles. The zero-order chi connectivity index (χ0) is 19.8. The fraction of sp³-hybridized carbons (Fsp3) is 0.524. The van der Waals surface area contributed by atoms with Gasteiger partial charge in [-0.15, -0.1) is 0 Å². The van der Waals surface area contributed by atoms with Crippen LogP contribution in [0.3, 0.4) is 0 Å². The van der Waals surface area contributed by atoms with Gasteiger partial charge in [-0.25, -0.2) is 4.21 Å². The minimum atomic E-state index is -1.20. The molecular weight excluding hydrogens is 388 g/mol. The van der Waals surface area contributed by atoms with E-state index in [9.17, 15) is 4.21 Å². The first-order valence-electron chi connectivity index (χ1n) is 10.2. The summed E-state index contributed by atoms with van der Waals surface area (Å²) in [6.07, 6.45) is 11.1. The third kappa shape index (κ3) is 3.66. The highest BCUT2D eigenvalue weighted by Crippen LogP contribution is 2.50. The first kappa shape index (κ1) is 18.7. The highest BCUT2D eigenvalue weighted by molar-refractivity contribution is 7.86. The molecule has 2 aromatic heterocycles. The Labute approximate surface area is 172 Å². The molecule has 3 fully saturated rings. The molecule has 2 bridgehead atoms. The van der Waals surface area contributed by atoms with Crippen molar-refractivity contribution in [1.29, 1.82) is 0 Å². The monoisotopic (exact) mass is 414 g/mol. The summed E-state index contributed by atoms with van der Waals surface area (Å²) in [6.45, 7) is 0.609. The van der Waals surface area contributed by atoms with Crippen molar-refractivity contribution in [2.75, 3.05) is 17.6 Å². The Bertz CT molecular complexity index is 1010. The third-order valence-corrected chi connectivity index (χ3v) is 7.91. The van der Waals surface area contributed by atoms with E-state index in [-0.39, 0.29) is 5.41 Å². The van der Waals surface area contributed by atoms with E-state index in [1.54, 1.807) is 13.3 Å². The number of hydrogen-bond donors (Lipinski definition) is 1. The Hall–Kier alpha value is -2.35. The Balaban J connectivity index is 1.36. The first-order valence-corrected chi connectivity index (χ1v) is 11.5. The highest BCUT2D eigenvalue weighted by atomic mass is 32.2. The summed E-state index contributed by atoms with van der Waals surface area (Å²) in [7, 11) is 0.423. The predicted molar refractivity (Wildman–Crippen MR) is 112 cm³/mol. The molecule has 1 unspecified atom stereocenters. The van der Waals surface area contributed by atoms with Gasteiger partial charge in [0.15, 0.2) is 11.4 Å². The van der Waals surface area contributed by atoms with Gasteiger partial charge in [-0.1, -0.05) is 5.16 Å². The average Bonchev–Trinajstić information content (AvgIpc) is 3.38. The van der Waals surface area contributed by atoms with Crippen molar-refractivity contribution in [2.24, 2.45) is 11.3 Å². The molecule has 3 aliphatic rings. The summed E-state index contributed by atoms with van der Waals surface area (Å²) in [6, 6.07) is 5.78. The van der Waals surface area contributed by atoms with E-state index in [0.29, 0.717) is 29.4 Å². The second-order valence-corrected chi connectivity index (χ2v) is 9.66. The van der Waals surface area contributed by atoms with E-state index in [1.165, 1.54) is 38.5 Å². The van der Waals surface area contributed by atoms with Gasteiger partial charge in [0.1, 0.15) is 22.1 Å². The molecule has 2 heterocycles. The molecular formula is C21H26N4O3S. The number of methoxy groups -OCH3 is 1. The van der Waals surface area contributed by atoms with Crippen molar-refractivity contribution in [3.63, 3.8) is 0 Å². The lowest BCUT2D eigenvalue weighted by atomic mass is 9.62. The molecule has 3 saturated carbocycles. The molecule has 1 aromatic carbocycles. The van der Waals surface area contributed by atoms with E-state index in [2.05, 4.69) is 15.0 Å². The normalized spacial score (nSPS) is 24.7. The van der Waals surface area contributed by atoms with Gasteiger partial charge in [-0.3, -0.25) is 9.40 Å². The van der Waals surface area contributed by atoms with Gasteiger partial charge in [0.05, 0.1) is 13.7 Å². The fourth-order valence-electron chi connectivity index (χ4n) is 4.97. The lowest BCUT2D eigenvalue weighted by Gasteiger charge is -2.46. The Morgan fingerprint density at radius 1 is 1.31 bits per heavy atom. The van der Waals surface area contributed by atoms with Gasteiger partial charge in [0, 0.05) is 18.1 Å². The Morgan fingerprint density at radius 3 is 2.79 bits per heavy atom. The van der Waals surface area contributed by atoms with Gasteiger partial charge in [0.25, 0.3) is 0 Å². The minimum absolute atomic E-state index is 0.229. The maximum absolute atomic E-state index is 12.9. The number of benzene rings is 1. The molecule has 6 rings (SSSR count). The van der Waals surface area contributed by atoms with Crippen LogP contribution in [0.25, 0.3) is 11.0 Å². The molecule has 0 radical (unpaired) electrons. The summed E-state index contributed by atoms with van der Waals surface area (Å²) >= 11 is 0. The van der Waals surface area contributed by atoms with Gasteiger partial charge in [-0.05, 0) is 73.6 Å². The van der Waals surface area contributed by atoms with E-state index < -0.39 is 11.0 Å². The summed E-state index contributed by atoms with van der Waals surface area (Å²) in [4.78, 5) is 0. The van der Waals surface area contributed by atoms with Crippen LogP contribution in [0.15, 0.2) is 35.1 Å². The smallest absolute Gasteiger partial charge is 0.192 e. The lowest BCUT2D eigenvalue weighted by Crippen LogP contribution is -2.39. The van der Waals surface area contributed by atoms with Crippen molar-refractivity contribution < 1.29 is 13.5 Å². The number of nitrogens with one attached hydrogen (secondary N) is 1. The number of anilines is 1. The zero-order valence-electron chi connectivity index (χ0n) is 16.6. The second kappa shape index (κ2) is 7.48. The average molecular weight is 415 g/mol. The maximum atomic E-state index is 12.9. The van der Waals surface area contributed by atoms with Crippen LogP contribution in [0.2, 0.25) is 0 Å². The third-order valence-electron chi connectivity index (χ3n) is 6.62. The molecule has 1 atom stereocenters. The molecule has 3 aromatic rings. The number of rotatable bonds is 7. The number of hydrogen-bond acceptors (Lipinski definition) is 5. The van der Waals surface area contributed by atoms with Gasteiger partial charge in [-0.2, -0.15) is 5.10 Å². The zero-order valence-corrected chi connectivity index (χ0v) is 17.4. The summed E-state index contributed by atoms with van der Waals surface area (Å²) < 4.78 is 29.0. The van der Waals surface area contributed by atoms with Crippen molar-refractivity contribution in [1.82, 2.24) is 14.9 Å². The molecule has 0 amide bonds. The Morgan fingerprint density at radius 2 is 2.10 bits per heavy atom. The van der Waals surface area contributed by atoms with Crippen LogP contribution in [0.5, 0.6) is 5.75 Å². The number of ether oxygens (including phenoxy) is 1.